The van der Waals surface area contributed by atoms with Gasteiger partial charge in [0.05, 0.1) is 12.7 Å². The Balaban J connectivity index is 0.00000136. The van der Waals surface area contributed by atoms with Crippen molar-refractivity contribution in [1.82, 2.24) is 9.97 Å². The molecule has 5 nitrogen and oxygen atoms in total. The van der Waals surface area contributed by atoms with Gasteiger partial charge in [-0.3, -0.25) is 0 Å². The number of fused-ring (bicyclic) bond motifs is 1. The minimum atomic E-state index is -0.439. The van der Waals surface area contributed by atoms with E-state index in [0.29, 0.717) is 11.5 Å². The third-order valence-electron chi connectivity index (χ3n) is 5.52. The number of methoxy groups -OCH3 is 1. The number of rotatable bonds is 3. The third kappa shape index (κ3) is 4.34. The summed E-state index contributed by atoms with van der Waals surface area (Å²) in [4.78, 5) is 20.0. The predicted octanol–water partition coefficient (Wildman–Crippen LogP) is 5.69. The average molecular weight is 384 g/mol. The summed E-state index contributed by atoms with van der Waals surface area (Å²) in [6.07, 6.45) is 5.31. The van der Waals surface area contributed by atoms with Gasteiger partial charge in [0.15, 0.2) is 0 Å². The molecule has 0 amide bonds. The quantitative estimate of drug-likeness (QED) is 0.690. The van der Waals surface area contributed by atoms with E-state index in [0.717, 1.165) is 11.3 Å². The van der Waals surface area contributed by atoms with Crippen LogP contribution in [0, 0.1) is 6.92 Å². The summed E-state index contributed by atoms with van der Waals surface area (Å²) in [7, 11) is 1.34. The highest BCUT2D eigenvalue weighted by Crippen LogP contribution is 2.47. The van der Waals surface area contributed by atoms with Gasteiger partial charge in [-0.2, -0.15) is 0 Å². The topological polar surface area (TPSA) is 64.1 Å². The van der Waals surface area contributed by atoms with E-state index in [1.165, 1.54) is 43.5 Å². The number of benzene rings is 1. The number of carbonyl (C=O) groups excluding carboxylic acids is 1. The van der Waals surface area contributed by atoms with Gasteiger partial charge in [0.1, 0.15) is 0 Å². The van der Waals surface area contributed by atoms with Crippen LogP contribution < -0.4 is 5.32 Å². The Hall–Kier alpha value is -2.43. The van der Waals surface area contributed by atoms with Crippen LogP contribution in [0.15, 0.2) is 24.5 Å². The van der Waals surface area contributed by atoms with Gasteiger partial charge < -0.3 is 10.1 Å². The number of aromatic nitrogens is 2. The maximum atomic E-state index is 11.5. The van der Waals surface area contributed by atoms with Crippen LogP contribution >= 0.6 is 0 Å². The van der Waals surface area contributed by atoms with E-state index in [1.54, 1.807) is 0 Å². The Morgan fingerprint density at radius 3 is 2.00 bits per heavy atom. The Kier molecular flexibility index (Phi) is 6.48. The molecule has 0 saturated heterocycles. The maximum Gasteiger partial charge on any atom is 0.341 e. The summed E-state index contributed by atoms with van der Waals surface area (Å²) in [6, 6.07) is 4.53. The number of carbonyl (C=O) groups is 1. The molecule has 1 aliphatic rings. The second-order valence-corrected chi connectivity index (χ2v) is 8.39. The van der Waals surface area contributed by atoms with Gasteiger partial charge in [-0.15, -0.1) is 0 Å². The predicted molar refractivity (Wildman–Crippen MR) is 114 cm³/mol. The number of hydrogen-bond acceptors (Lipinski definition) is 5. The zero-order valence-electron chi connectivity index (χ0n) is 18.4. The second-order valence-electron chi connectivity index (χ2n) is 8.39. The summed E-state index contributed by atoms with van der Waals surface area (Å²) < 4.78 is 4.68. The molecular weight excluding hydrogens is 350 g/mol. The van der Waals surface area contributed by atoms with Crippen molar-refractivity contribution >= 4 is 17.6 Å². The van der Waals surface area contributed by atoms with Crippen LogP contribution in [0.25, 0.3) is 0 Å². The van der Waals surface area contributed by atoms with E-state index >= 15 is 0 Å². The molecule has 0 bridgehead atoms. The molecule has 3 rings (SSSR count). The number of aryl methyl sites for hydroxylation is 1. The molecule has 1 N–H and O–H groups in total. The first-order chi connectivity index (χ1) is 13.1. The fourth-order valence-corrected chi connectivity index (χ4v) is 3.59. The van der Waals surface area contributed by atoms with E-state index < -0.39 is 5.97 Å². The Morgan fingerprint density at radius 1 is 1.00 bits per heavy atom. The largest absolute Gasteiger partial charge is 0.465 e. The van der Waals surface area contributed by atoms with Crippen LogP contribution in [0.3, 0.4) is 0 Å². The molecule has 0 aliphatic heterocycles. The molecule has 0 radical (unpaired) electrons. The molecule has 0 spiro atoms. The summed E-state index contributed by atoms with van der Waals surface area (Å²) >= 11 is 0. The lowest BCUT2D eigenvalue weighted by atomic mass is 9.63. The summed E-state index contributed by atoms with van der Waals surface area (Å²) in [6.45, 7) is 15.4. The number of anilines is 2. The SMILES string of the molecule is CC.COC(=O)c1cnc(Nc2cc3c(cc2C)C(C)(C)CCC3(C)C)nc1. The lowest BCUT2D eigenvalue weighted by molar-refractivity contribution is 0.0600. The first-order valence-corrected chi connectivity index (χ1v) is 9.97. The summed E-state index contributed by atoms with van der Waals surface area (Å²) in [5.74, 6) is 0.0269. The highest BCUT2D eigenvalue weighted by molar-refractivity contribution is 5.88. The van der Waals surface area contributed by atoms with Gasteiger partial charge in [-0.1, -0.05) is 47.6 Å². The molecule has 152 valence electrons. The van der Waals surface area contributed by atoms with Crippen LogP contribution in [0.4, 0.5) is 11.6 Å². The van der Waals surface area contributed by atoms with Crippen LogP contribution in [0.2, 0.25) is 0 Å². The molecular formula is C23H33N3O2. The third-order valence-corrected chi connectivity index (χ3v) is 5.52. The van der Waals surface area contributed by atoms with Crippen LogP contribution in [-0.4, -0.2) is 23.0 Å². The van der Waals surface area contributed by atoms with E-state index in [-0.39, 0.29) is 10.8 Å². The number of esters is 1. The number of ether oxygens (including phenoxy) is 1. The molecule has 0 saturated carbocycles. The van der Waals surface area contributed by atoms with Crippen LogP contribution in [0.5, 0.6) is 0 Å². The normalized spacial score (nSPS) is 16.3. The second kappa shape index (κ2) is 8.29. The highest BCUT2D eigenvalue weighted by Gasteiger charge is 2.37. The van der Waals surface area contributed by atoms with Gasteiger partial charge in [-0.05, 0) is 53.4 Å². The lowest BCUT2D eigenvalue weighted by Crippen LogP contribution is -2.34. The molecule has 1 aromatic heterocycles. The monoisotopic (exact) mass is 383 g/mol. The van der Waals surface area contributed by atoms with Crippen molar-refractivity contribution in [3.63, 3.8) is 0 Å². The molecule has 28 heavy (non-hydrogen) atoms. The van der Waals surface area contributed by atoms with Crippen LogP contribution in [0.1, 0.15) is 81.4 Å². The summed E-state index contributed by atoms with van der Waals surface area (Å²) in [5.41, 5.74) is 5.64. The maximum absolute atomic E-state index is 11.5. The van der Waals surface area contributed by atoms with Crippen molar-refractivity contribution in [3.05, 3.63) is 46.8 Å². The van der Waals surface area contributed by atoms with Crippen molar-refractivity contribution in [2.24, 2.45) is 0 Å². The molecule has 5 heteroatoms. The smallest absolute Gasteiger partial charge is 0.341 e. The Morgan fingerprint density at radius 2 is 1.50 bits per heavy atom. The van der Waals surface area contributed by atoms with Crippen molar-refractivity contribution in [3.8, 4) is 0 Å². The summed E-state index contributed by atoms with van der Waals surface area (Å²) in [5, 5.41) is 3.30. The molecule has 2 aromatic rings. The fraction of sp³-hybridized carbons (Fsp3) is 0.522. The van der Waals surface area contributed by atoms with Crippen molar-refractivity contribution in [2.45, 2.75) is 72.1 Å². The zero-order valence-corrected chi connectivity index (χ0v) is 18.4. The van der Waals surface area contributed by atoms with E-state index in [4.69, 9.17) is 0 Å². The first kappa shape index (κ1) is 21.9. The van der Waals surface area contributed by atoms with E-state index in [1.807, 2.05) is 13.8 Å². The average Bonchev–Trinajstić information content (AvgIpc) is 2.68. The highest BCUT2D eigenvalue weighted by atomic mass is 16.5. The van der Waals surface area contributed by atoms with Gasteiger partial charge in [-0.25, -0.2) is 14.8 Å². The van der Waals surface area contributed by atoms with Crippen molar-refractivity contribution < 1.29 is 9.53 Å². The number of nitrogens with zero attached hydrogens (tertiary/aromatic N) is 2. The molecule has 0 atom stereocenters. The number of nitrogens with one attached hydrogen (secondary N) is 1. The number of hydrogen-bond donors (Lipinski definition) is 1. The van der Waals surface area contributed by atoms with Crippen LogP contribution in [-0.2, 0) is 15.6 Å². The molecule has 0 fully saturated rings. The molecule has 0 unspecified atom stereocenters. The van der Waals surface area contributed by atoms with Gasteiger partial charge >= 0.3 is 5.97 Å². The van der Waals surface area contributed by atoms with Gasteiger partial charge in [0.25, 0.3) is 0 Å². The van der Waals surface area contributed by atoms with Gasteiger partial charge in [0.2, 0.25) is 5.95 Å². The van der Waals surface area contributed by atoms with Crippen molar-refractivity contribution in [1.29, 1.82) is 0 Å². The minimum absolute atomic E-state index is 0.143. The molecule has 1 aliphatic carbocycles. The molecule has 1 heterocycles. The first-order valence-electron chi connectivity index (χ1n) is 9.97. The van der Waals surface area contributed by atoms with E-state index in [9.17, 15) is 4.79 Å². The molecule has 1 aromatic carbocycles. The standard InChI is InChI=1S/C21H27N3O2.C2H6/c1-13-9-15-16(21(4,5)8-7-20(15,2)3)10-17(13)24-19-22-11-14(12-23-19)18(25)26-6;1-2/h9-12H,7-8H2,1-6H3,(H,22,23,24);1-2H3. The minimum Gasteiger partial charge on any atom is -0.465 e. The van der Waals surface area contributed by atoms with Crippen molar-refractivity contribution in [2.75, 3.05) is 12.4 Å². The Labute approximate surface area is 168 Å². The zero-order chi connectivity index (χ0) is 21.1. The fourth-order valence-electron chi connectivity index (χ4n) is 3.59. The lowest BCUT2D eigenvalue weighted by Gasteiger charge is -2.42. The van der Waals surface area contributed by atoms with Gasteiger partial charge in [0, 0.05) is 18.1 Å². The van der Waals surface area contributed by atoms with E-state index in [2.05, 4.69) is 66.8 Å². The Bertz CT molecular complexity index is 840.